The minimum atomic E-state index is -1.72. The van der Waals surface area contributed by atoms with Crippen molar-refractivity contribution in [3.05, 3.63) is 71.8 Å². The van der Waals surface area contributed by atoms with Crippen molar-refractivity contribution in [2.75, 3.05) is 0 Å². The molecule has 98 valence electrons. The van der Waals surface area contributed by atoms with Gasteiger partial charge in [0.15, 0.2) is 5.60 Å². The standard InChI is InChI=1S/C15H14O3S/c1-12-15(18-19(16)17-12,13-8-4-2-5-9-13)14-10-6-3-7-11-14/h2-12H,1H3/t12-,19+/m0/s1. The van der Waals surface area contributed by atoms with Gasteiger partial charge in [0.25, 0.3) is 0 Å². The van der Waals surface area contributed by atoms with Crippen LogP contribution in [0, 0.1) is 0 Å². The van der Waals surface area contributed by atoms with Crippen LogP contribution in [0.15, 0.2) is 60.7 Å². The van der Waals surface area contributed by atoms with E-state index in [1.807, 2.05) is 67.6 Å². The fourth-order valence-corrected chi connectivity index (χ4v) is 3.44. The predicted molar refractivity (Wildman–Crippen MR) is 73.4 cm³/mol. The molecule has 0 radical (unpaired) electrons. The molecule has 0 saturated carbocycles. The van der Waals surface area contributed by atoms with Crippen LogP contribution in [0.1, 0.15) is 18.1 Å². The highest BCUT2D eigenvalue weighted by Gasteiger charge is 2.50. The summed E-state index contributed by atoms with van der Waals surface area (Å²) in [5.41, 5.74) is 1.08. The van der Waals surface area contributed by atoms with E-state index in [0.29, 0.717) is 0 Å². The van der Waals surface area contributed by atoms with E-state index in [1.54, 1.807) is 0 Å². The largest absolute Gasteiger partial charge is 0.306 e. The smallest absolute Gasteiger partial charge is 0.262 e. The summed E-state index contributed by atoms with van der Waals surface area (Å²) in [5.74, 6) is 0. The van der Waals surface area contributed by atoms with Crippen LogP contribution in [0.25, 0.3) is 0 Å². The quantitative estimate of drug-likeness (QED) is 0.844. The molecule has 0 N–H and O–H groups in total. The van der Waals surface area contributed by atoms with E-state index in [4.69, 9.17) is 8.37 Å². The maximum absolute atomic E-state index is 11.7. The molecule has 1 aliphatic heterocycles. The van der Waals surface area contributed by atoms with Crippen molar-refractivity contribution < 1.29 is 12.6 Å². The molecule has 2 atom stereocenters. The van der Waals surface area contributed by atoms with Gasteiger partial charge in [0.05, 0.1) is 0 Å². The highest BCUT2D eigenvalue weighted by molar-refractivity contribution is 7.75. The Morgan fingerprint density at radius 1 is 0.947 bits per heavy atom. The van der Waals surface area contributed by atoms with Crippen molar-refractivity contribution in [2.24, 2.45) is 0 Å². The molecule has 1 aliphatic rings. The van der Waals surface area contributed by atoms with Crippen molar-refractivity contribution >= 4 is 11.4 Å². The van der Waals surface area contributed by atoms with E-state index in [0.717, 1.165) is 11.1 Å². The molecule has 0 aliphatic carbocycles. The Bertz CT molecular complexity index is 543. The Kier molecular flexibility index (Phi) is 3.22. The lowest BCUT2D eigenvalue weighted by Crippen LogP contribution is -2.36. The molecule has 0 spiro atoms. The first kappa shape index (κ1) is 12.5. The zero-order valence-corrected chi connectivity index (χ0v) is 11.3. The predicted octanol–water partition coefficient (Wildman–Crippen LogP) is 2.94. The Labute approximate surface area is 115 Å². The summed E-state index contributed by atoms with van der Waals surface area (Å²) in [5, 5.41) is 0. The summed E-state index contributed by atoms with van der Waals surface area (Å²) in [6.45, 7) is 1.88. The van der Waals surface area contributed by atoms with E-state index in [1.165, 1.54) is 0 Å². The van der Waals surface area contributed by atoms with Crippen LogP contribution >= 0.6 is 0 Å². The van der Waals surface area contributed by atoms with Crippen LogP contribution < -0.4 is 0 Å². The molecule has 0 aromatic heterocycles. The zero-order chi connectivity index (χ0) is 13.3. The number of hydrogen-bond donors (Lipinski definition) is 0. The zero-order valence-electron chi connectivity index (χ0n) is 10.5. The topological polar surface area (TPSA) is 35.5 Å². The van der Waals surface area contributed by atoms with Crippen molar-refractivity contribution in [2.45, 2.75) is 18.6 Å². The number of hydrogen-bond acceptors (Lipinski definition) is 3. The monoisotopic (exact) mass is 274 g/mol. The van der Waals surface area contributed by atoms with E-state index >= 15 is 0 Å². The first-order valence-corrected chi connectivity index (χ1v) is 7.13. The van der Waals surface area contributed by atoms with Gasteiger partial charge in [-0.25, -0.2) is 4.18 Å². The lowest BCUT2D eigenvalue weighted by molar-refractivity contribution is 0.0859. The molecule has 3 nitrogen and oxygen atoms in total. The minimum Gasteiger partial charge on any atom is -0.262 e. The third kappa shape index (κ3) is 2.02. The van der Waals surface area contributed by atoms with E-state index in [-0.39, 0.29) is 6.10 Å². The summed E-state index contributed by atoms with van der Waals surface area (Å²) in [4.78, 5) is 0. The molecule has 19 heavy (non-hydrogen) atoms. The average Bonchev–Trinajstić information content (AvgIpc) is 2.76. The number of benzene rings is 2. The maximum Gasteiger partial charge on any atom is 0.306 e. The van der Waals surface area contributed by atoms with Crippen LogP contribution in [0.5, 0.6) is 0 Å². The molecule has 4 heteroatoms. The van der Waals surface area contributed by atoms with Crippen molar-refractivity contribution in [1.82, 2.24) is 0 Å². The second-order valence-corrected chi connectivity index (χ2v) is 5.26. The minimum absolute atomic E-state index is 0.321. The highest BCUT2D eigenvalue weighted by atomic mass is 32.2. The lowest BCUT2D eigenvalue weighted by atomic mass is 9.82. The third-order valence-corrected chi connectivity index (χ3v) is 4.24. The third-order valence-electron chi connectivity index (χ3n) is 3.40. The van der Waals surface area contributed by atoms with Gasteiger partial charge in [-0.3, -0.25) is 4.18 Å². The lowest BCUT2D eigenvalue weighted by Gasteiger charge is -2.30. The van der Waals surface area contributed by atoms with Gasteiger partial charge < -0.3 is 0 Å². The van der Waals surface area contributed by atoms with Gasteiger partial charge in [0, 0.05) is 0 Å². The fourth-order valence-electron chi connectivity index (χ4n) is 2.48. The maximum atomic E-state index is 11.7. The summed E-state index contributed by atoms with van der Waals surface area (Å²) in [6, 6.07) is 19.5. The van der Waals surface area contributed by atoms with Crippen LogP contribution in [0.3, 0.4) is 0 Å². The first-order valence-electron chi connectivity index (χ1n) is 6.13. The summed E-state index contributed by atoms with van der Waals surface area (Å²) >= 11 is -1.72. The SMILES string of the molecule is C[C@@H]1O[S@@](=O)OC1(c1ccccc1)c1ccccc1. The molecule has 2 aromatic rings. The molecular formula is C15H14O3S. The van der Waals surface area contributed by atoms with Gasteiger partial charge in [0.2, 0.25) is 0 Å². The van der Waals surface area contributed by atoms with E-state index in [2.05, 4.69) is 0 Å². The normalized spacial score (nSPS) is 25.3. The van der Waals surface area contributed by atoms with Crippen LogP contribution in [-0.2, 0) is 25.3 Å². The van der Waals surface area contributed by atoms with Crippen LogP contribution in [0.2, 0.25) is 0 Å². The Balaban J connectivity index is 2.20. The second kappa shape index (κ2) is 4.89. The molecule has 2 aromatic carbocycles. The molecule has 1 heterocycles. The van der Waals surface area contributed by atoms with E-state index in [9.17, 15) is 4.21 Å². The average molecular weight is 274 g/mol. The Morgan fingerprint density at radius 3 is 1.79 bits per heavy atom. The molecule has 0 amide bonds. The molecular weight excluding hydrogens is 260 g/mol. The molecule has 1 saturated heterocycles. The van der Waals surface area contributed by atoms with Gasteiger partial charge in [-0.1, -0.05) is 60.7 Å². The molecule has 1 fully saturated rings. The van der Waals surface area contributed by atoms with Crippen molar-refractivity contribution in [3.8, 4) is 0 Å². The van der Waals surface area contributed by atoms with Gasteiger partial charge in [-0.05, 0) is 18.1 Å². The van der Waals surface area contributed by atoms with Crippen molar-refractivity contribution in [1.29, 1.82) is 0 Å². The summed E-state index contributed by atoms with van der Waals surface area (Å²) < 4.78 is 22.7. The highest BCUT2D eigenvalue weighted by Crippen LogP contribution is 2.43. The van der Waals surface area contributed by atoms with E-state index < -0.39 is 17.0 Å². The van der Waals surface area contributed by atoms with Crippen LogP contribution in [0.4, 0.5) is 0 Å². The molecule has 0 bridgehead atoms. The van der Waals surface area contributed by atoms with Crippen LogP contribution in [-0.4, -0.2) is 10.3 Å². The summed E-state index contributed by atoms with van der Waals surface area (Å²) in [7, 11) is 0. The molecule has 3 rings (SSSR count). The van der Waals surface area contributed by atoms with Crippen molar-refractivity contribution in [3.63, 3.8) is 0 Å². The van der Waals surface area contributed by atoms with Gasteiger partial charge in [0.1, 0.15) is 6.10 Å². The summed E-state index contributed by atoms with van der Waals surface area (Å²) in [6.07, 6.45) is -0.321. The van der Waals surface area contributed by atoms with Gasteiger partial charge in [-0.2, -0.15) is 4.21 Å². The fraction of sp³-hybridized carbons (Fsp3) is 0.200. The van der Waals surface area contributed by atoms with Gasteiger partial charge >= 0.3 is 11.4 Å². The first-order chi connectivity index (χ1) is 9.23. The Hall–Kier alpha value is -1.49. The Morgan fingerprint density at radius 2 is 1.42 bits per heavy atom. The molecule has 0 unspecified atom stereocenters. The second-order valence-electron chi connectivity index (χ2n) is 4.49. The van der Waals surface area contributed by atoms with Gasteiger partial charge in [-0.15, -0.1) is 0 Å². The number of rotatable bonds is 2.